The Morgan fingerprint density at radius 2 is 1.83 bits per heavy atom. The lowest BCUT2D eigenvalue weighted by molar-refractivity contribution is -0.139. The Bertz CT molecular complexity index is 2010. The maximum atomic E-state index is 14.2. The first-order chi connectivity index (χ1) is 22.6. The van der Waals surface area contributed by atoms with E-state index >= 15 is 0 Å². The Hall–Kier alpha value is -4.41. The van der Waals surface area contributed by atoms with Crippen molar-refractivity contribution in [1.29, 1.82) is 0 Å². The highest BCUT2D eigenvalue weighted by Gasteiger charge is 2.34. The molecular weight excluding hydrogens is 680 g/mol. The molecule has 0 spiro atoms. The van der Waals surface area contributed by atoms with E-state index in [1.54, 1.807) is 37.7 Å². The van der Waals surface area contributed by atoms with Gasteiger partial charge in [-0.2, -0.15) is 0 Å². The second kappa shape index (κ2) is 15.0. The summed E-state index contributed by atoms with van der Waals surface area (Å²) < 4.78 is 26.2. The molecule has 8 nitrogen and oxygen atoms in total. The number of fused-ring (bicyclic) bond motifs is 1. The Kier molecular flexibility index (Phi) is 10.8. The number of esters is 1. The van der Waals surface area contributed by atoms with Gasteiger partial charge in [0.1, 0.15) is 12.4 Å². The van der Waals surface area contributed by atoms with E-state index in [1.165, 1.54) is 11.3 Å². The Morgan fingerprint density at radius 3 is 2.51 bits per heavy atom. The van der Waals surface area contributed by atoms with E-state index in [0.29, 0.717) is 50.7 Å². The smallest absolute Gasteiger partial charge is 0.338 e. The number of benzene rings is 3. The number of thiazole rings is 1. The van der Waals surface area contributed by atoms with E-state index in [4.69, 9.17) is 23.9 Å². The molecule has 0 unspecified atom stereocenters. The lowest BCUT2D eigenvalue weighted by atomic mass is 9.95. The monoisotopic (exact) mass is 716 g/mol. The Morgan fingerprint density at radius 1 is 1.09 bits per heavy atom. The summed E-state index contributed by atoms with van der Waals surface area (Å²) in [5.41, 5.74) is 4.02. The van der Waals surface area contributed by atoms with Crippen LogP contribution in [0.25, 0.3) is 6.08 Å². The number of hydrogen-bond acceptors (Lipinski definition) is 8. The van der Waals surface area contributed by atoms with Gasteiger partial charge in [-0.15, -0.1) is 6.58 Å². The van der Waals surface area contributed by atoms with Crippen LogP contribution < -0.4 is 29.1 Å². The molecule has 1 aliphatic rings. The molecule has 0 saturated carbocycles. The van der Waals surface area contributed by atoms with Crippen LogP contribution >= 0.6 is 27.3 Å². The van der Waals surface area contributed by atoms with Crippen molar-refractivity contribution in [1.82, 2.24) is 4.57 Å². The lowest BCUT2D eigenvalue weighted by Crippen LogP contribution is -2.40. The van der Waals surface area contributed by atoms with Crippen LogP contribution in [0.5, 0.6) is 17.2 Å². The van der Waals surface area contributed by atoms with Crippen molar-refractivity contribution >= 4 is 39.3 Å². The molecule has 2 heterocycles. The van der Waals surface area contributed by atoms with Gasteiger partial charge < -0.3 is 18.9 Å². The van der Waals surface area contributed by atoms with Gasteiger partial charge in [-0.05, 0) is 98.8 Å². The number of allylic oxidation sites excluding steroid dienone is 2. The fourth-order valence-corrected chi connectivity index (χ4v) is 6.66. The van der Waals surface area contributed by atoms with Gasteiger partial charge in [0, 0.05) is 4.47 Å². The Balaban J connectivity index is 1.58. The quantitative estimate of drug-likeness (QED) is 0.120. The summed E-state index contributed by atoms with van der Waals surface area (Å²) in [6.07, 6.45) is 4.20. The van der Waals surface area contributed by atoms with Crippen molar-refractivity contribution in [3.63, 3.8) is 0 Å². The van der Waals surface area contributed by atoms with Crippen molar-refractivity contribution in [2.24, 2.45) is 4.99 Å². The van der Waals surface area contributed by atoms with E-state index in [2.05, 4.69) is 22.5 Å². The number of rotatable bonds is 12. The van der Waals surface area contributed by atoms with Gasteiger partial charge in [-0.25, -0.2) is 9.79 Å². The summed E-state index contributed by atoms with van der Waals surface area (Å²) in [5.74, 6) is 1.28. The Labute approximate surface area is 286 Å². The van der Waals surface area contributed by atoms with Crippen LogP contribution in [0.4, 0.5) is 0 Å². The fourth-order valence-electron chi connectivity index (χ4n) is 5.35. The van der Waals surface area contributed by atoms with Gasteiger partial charge in [0.15, 0.2) is 16.3 Å². The summed E-state index contributed by atoms with van der Waals surface area (Å²) >= 11 is 4.73. The largest absolute Gasteiger partial charge is 0.493 e. The van der Waals surface area contributed by atoms with E-state index in [-0.39, 0.29) is 18.3 Å². The zero-order chi connectivity index (χ0) is 33.7. The standard InChI is InChI=1S/C37H37BrN2O6S/c1-7-9-26-18-25(12-16-29(26)45-21-24-10-14-28(38)15-11-24)19-32-35(41)40-34(27-13-17-30(46-22(3)4)31(20-27)43-6)33(36(42)44-8-2)23(5)39-37(40)47-32/h7,10-20,22,34H,1,8-9,21H2,2-6H3/b32-19-/t34-/m0/s1. The minimum atomic E-state index is -0.778. The van der Waals surface area contributed by atoms with Crippen molar-refractivity contribution in [3.05, 3.63) is 131 Å². The summed E-state index contributed by atoms with van der Waals surface area (Å²) in [5, 5.41) is 0. The summed E-state index contributed by atoms with van der Waals surface area (Å²) in [6.45, 7) is 11.9. The number of halogens is 1. The molecule has 1 aromatic heterocycles. The van der Waals surface area contributed by atoms with E-state index in [9.17, 15) is 9.59 Å². The summed E-state index contributed by atoms with van der Waals surface area (Å²) in [7, 11) is 1.56. The maximum absolute atomic E-state index is 14.2. The predicted octanol–water partition coefficient (Wildman–Crippen LogP) is 6.66. The number of aromatic nitrogens is 1. The first kappa shape index (κ1) is 33.9. The van der Waals surface area contributed by atoms with Crippen LogP contribution in [0.3, 0.4) is 0 Å². The van der Waals surface area contributed by atoms with Gasteiger partial charge in [0.05, 0.1) is 41.7 Å². The van der Waals surface area contributed by atoms with Crippen LogP contribution in [0.15, 0.2) is 98.8 Å². The molecule has 10 heteroatoms. The average Bonchev–Trinajstić information content (AvgIpc) is 3.34. The van der Waals surface area contributed by atoms with Crippen molar-refractivity contribution in [2.75, 3.05) is 13.7 Å². The molecule has 0 saturated heterocycles. The van der Waals surface area contributed by atoms with E-state index in [0.717, 1.165) is 26.9 Å². The van der Waals surface area contributed by atoms with Crippen LogP contribution in [-0.4, -0.2) is 30.4 Å². The average molecular weight is 718 g/mol. The number of hydrogen-bond donors (Lipinski definition) is 0. The molecule has 0 radical (unpaired) electrons. The van der Waals surface area contributed by atoms with Gasteiger partial charge in [-0.1, -0.05) is 57.6 Å². The van der Waals surface area contributed by atoms with Gasteiger partial charge in [0.25, 0.3) is 5.56 Å². The molecule has 244 valence electrons. The van der Waals surface area contributed by atoms with Crippen LogP contribution in [-0.2, 0) is 22.6 Å². The van der Waals surface area contributed by atoms with Crippen LogP contribution in [0.2, 0.25) is 0 Å². The number of carbonyl (C=O) groups is 1. The zero-order valence-corrected chi connectivity index (χ0v) is 29.4. The van der Waals surface area contributed by atoms with Crippen molar-refractivity contribution < 1.29 is 23.7 Å². The first-order valence-electron chi connectivity index (χ1n) is 15.3. The van der Waals surface area contributed by atoms with Crippen LogP contribution in [0.1, 0.15) is 56.0 Å². The number of methoxy groups -OCH3 is 1. The zero-order valence-electron chi connectivity index (χ0n) is 27.0. The second-order valence-electron chi connectivity index (χ2n) is 11.2. The van der Waals surface area contributed by atoms with Gasteiger partial charge in [0.2, 0.25) is 0 Å². The number of ether oxygens (including phenoxy) is 4. The minimum Gasteiger partial charge on any atom is -0.493 e. The molecule has 0 aliphatic carbocycles. The highest BCUT2D eigenvalue weighted by Crippen LogP contribution is 2.36. The highest BCUT2D eigenvalue weighted by atomic mass is 79.9. The van der Waals surface area contributed by atoms with Gasteiger partial charge >= 0.3 is 5.97 Å². The molecule has 4 aromatic rings. The molecular formula is C37H37BrN2O6S. The van der Waals surface area contributed by atoms with E-state index in [1.807, 2.05) is 74.5 Å². The topological polar surface area (TPSA) is 88.4 Å². The molecule has 0 fully saturated rings. The maximum Gasteiger partial charge on any atom is 0.338 e. The third kappa shape index (κ3) is 7.60. The lowest BCUT2D eigenvalue weighted by Gasteiger charge is -2.25. The van der Waals surface area contributed by atoms with Crippen molar-refractivity contribution in [3.8, 4) is 17.2 Å². The summed E-state index contributed by atoms with van der Waals surface area (Å²) in [4.78, 5) is 32.7. The first-order valence-corrected chi connectivity index (χ1v) is 16.9. The third-order valence-corrected chi connectivity index (χ3v) is 8.95. The highest BCUT2D eigenvalue weighted by molar-refractivity contribution is 9.10. The molecule has 1 atom stereocenters. The predicted molar refractivity (Wildman–Crippen MR) is 188 cm³/mol. The minimum absolute atomic E-state index is 0.0659. The van der Waals surface area contributed by atoms with E-state index < -0.39 is 12.0 Å². The second-order valence-corrected chi connectivity index (χ2v) is 13.1. The molecule has 5 rings (SSSR count). The molecule has 0 N–H and O–H groups in total. The molecule has 0 bridgehead atoms. The molecule has 0 amide bonds. The molecule has 1 aliphatic heterocycles. The SMILES string of the molecule is C=CCc1cc(/C=c2\sc3n(c2=O)[C@@H](c2ccc(OC(C)C)c(OC)c2)C(C(=O)OCC)=C(C)N=3)ccc1OCc1ccc(Br)cc1. The third-order valence-electron chi connectivity index (χ3n) is 7.44. The normalized spacial score (nSPS) is 14.4. The fraction of sp³-hybridized carbons (Fsp3) is 0.270. The van der Waals surface area contributed by atoms with Crippen LogP contribution in [0, 0.1) is 0 Å². The number of nitrogens with zero attached hydrogens (tertiary/aromatic N) is 2. The molecule has 3 aromatic carbocycles. The van der Waals surface area contributed by atoms with Crippen molar-refractivity contribution in [2.45, 2.75) is 52.9 Å². The summed E-state index contributed by atoms with van der Waals surface area (Å²) in [6, 6.07) is 18.5. The molecule has 47 heavy (non-hydrogen) atoms. The number of carbonyl (C=O) groups excluding carboxylic acids is 1. The van der Waals surface area contributed by atoms with Gasteiger partial charge in [-0.3, -0.25) is 9.36 Å².